The van der Waals surface area contributed by atoms with Gasteiger partial charge in [0.2, 0.25) is 5.91 Å². The number of nitrogens with zero attached hydrogens (tertiary/aromatic N) is 1. The van der Waals surface area contributed by atoms with Crippen LogP contribution in [0.3, 0.4) is 0 Å². The Bertz CT molecular complexity index is 656. The Labute approximate surface area is 141 Å². The largest absolute Gasteiger partial charge is 0.387 e. The van der Waals surface area contributed by atoms with E-state index in [1.165, 1.54) is 16.9 Å². The van der Waals surface area contributed by atoms with Gasteiger partial charge in [-0.05, 0) is 23.5 Å². The number of thiazole rings is 1. The third-order valence-corrected chi connectivity index (χ3v) is 4.48. The maximum Gasteiger partial charge on any atom is 0.226 e. The molecule has 1 atom stereocenters. The lowest BCUT2D eigenvalue weighted by Gasteiger charge is -2.20. The molecular weight excluding hydrogens is 308 g/mol. The zero-order valence-corrected chi connectivity index (χ0v) is 14.9. The fourth-order valence-electron chi connectivity index (χ4n) is 2.25. The van der Waals surface area contributed by atoms with Crippen LogP contribution in [0.4, 0.5) is 0 Å². The second kappa shape index (κ2) is 7.23. The topological polar surface area (TPSA) is 62.2 Å². The molecule has 2 N–H and O–H groups in total. The van der Waals surface area contributed by atoms with Gasteiger partial charge in [0.1, 0.15) is 0 Å². The molecule has 0 saturated heterocycles. The van der Waals surface area contributed by atoms with Gasteiger partial charge in [-0.2, -0.15) is 0 Å². The summed E-state index contributed by atoms with van der Waals surface area (Å²) in [6, 6.07) is 7.89. The number of amides is 1. The van der Waals surface area contributed by atoms with E-state index in [1.54, 1.807) is 0 Å². The third-order valence-electron chi connectivity index (χ3n) is 3.66. The zero-order chi connectivity index (χ0) is 17.0. The van der Waals surface area contributed by atoms with Gasteiger partial charge in [-0.1, -0.05) is 45.0 Å². The number of carbonyl (C=O) groups excluding carboxylic acids is 1. The fourth-order valence-corrected chi connectivity index (χ4v) is 2.86. The molecule has 0 spiro atoms. The van der Waals surface area contributed by atoms with Gasteiger partial charge in [-0.25, -0.2) is 4.98 Å². The lowest BCUT2D eigenvalue weighted by Crippen LogP contribution is -2.29. The minimum Gasteiger partial charge on any atom is -0.387 e. The summed E-state index contributed by atoms with van der Waals surface area (Å²) >= 11 is 1.53. The second-order valence-electron chi connectivity index (χ2n) is 6.73. The van der Waals surface area contributed by atoms with Crippen LogP contribution in [0.2, 0.25) is 0 Å². The fraction of sp³-hybridized carbons (Fsp3) is 0.444. The van der Waals surface area contributed by atoms with E-state index < -0.39 is 6.10 Å². The molecule has 4 nitrogen and oxygen atoms in total. The van der Waals surface area contributed by atoms with Crippen molar-refractivity contribution in [3.8, 4) is 0 Å². The number of hydrogen-bond acceptors (Lipinski definition) is 4. The van der Waals surface area contributed by atoms with Crippen molar-refractivity contribution >= 4 is 17.2 Å². The Morgan fingerprint density at radius 2 is 1.96 bits per heavy atom. The van der Waals surface area contributed by atoms with E-state index in [1.807, 2.05) is 36.6 Å². The summed E-state index contributed by atoms with van der Waals surface area (Å²) in [7, 11) is 0. The maximum atomic E-state index is 11.9. The summed E-state index contributed by atoms with van der Waals surface area (Å²) in [6.07, 6.45) is -0.454. The Balaban J connectivity index is 1.86. The Hall–Kier alpha value is -1.72. The molecule has 1 heterocycles. The molecule has 0 radical (unpaired) electrons. The molecule has 1 aromatic heterocycles. The van der Waals surface area contributed by atoms with E-state index in [4.69, 9.17) is 0 Å². The first-order chi connectivity index (χ1) is 10.8. The van der Waals surface area contributed by atoms with Crippen LogP contribution >= 0.6 is 11.3 Å². The Morgan fingerprint density at radius 1 is 1.30 bits per heavy atom. The molecule has 1 aromatic carbocycles. The molecule has 2 aromatic rings. The predicted octanol–water partition coefficient (Wildman–Crippen LogP) is 3.14. The number of rotatable bonds is 5. The van der Waals surface area contributed by atoms with Crippen LogP contribution in [-0.2, 0) is 16.6 Å². The van der Waals surface area contributed by atoms with Crippen LogP contribution in [0.25, 0.3) is 0 Å². The summed E-state index contributed by atoms with van der Waals surface area (Å²) in [4.78, 5) is 16.1. The summed E-state index contributed by atoms with van der Waals surface area (Å²) < 4.78 is 0. The summed E-state index contributed by atoms with van der Waals surface area (Å²) in [5, 5.41) is 15.8. The van der Waals surface area contributed by atoms with Gasteiger partial charge in [0, 0.05) is 11.9 Å². The molecule has 1 unspecified atom stereocenters. The number of aromatic nitrogens is 1. The molecule has 0 bridgehead atoms. The first kappa shape index (κ1) is 17.6. The molecule has 0 aliphatic rings. The number of nitrogens with one attached hydrogen (secondary N) is 1. The van der Waals surface area contributed by atoms with Crippen LogP contribution in [-0.4, -0.2) is 22.5 Å². The first-order valence-corrected chi connectivity index (χ1v) is 8.60. The van der Waals surface area contributed by atoms with Crippen LogP contribution in [0.5, 0.6) is 0 Å². The predicted molar refractivity (Wildman–Crippen MR) is 93.7 cm³/mol. The van der Waals surface area contributed by atoms with Gasteiger partial charge >= 0.3 is 0 Å². The van der Waals surface area contributed by atoms with Crippen LogP contribution in [0.15, 0.2) is 29.6 Å². The van der Waals surface area contributed by atoms with E-state index >= 15 is 0 Å². The average Bonchev–Trinajstić information content (AvgIpc) is 2.89. The Kier molecular flexibility index (Phi) is 5.55. The quantitative estimate of drug-likeness (QED) is 0.884. The van der Waals surface area contributed by atoms with Gasteiger partial charge in [-0.15, -0.1) is 11.3 Å². The van der Waals surface area contributed by atoms with Crippen molar-refractivity contribution in [1.82, 2.24) is 10.3 Å². The van der Waals surface area contributed by atoms with Gasteiger partial charge in [0.15, 0.2) is 0 Å². The molecule has 0 aliphatic carbocycles. The SMILES string of the molecule is Cc1nc(CC(=O)NCC(O)c2ccc(C(C)(C)C)cc2)cs1. The van der Waals surface area contributed by atoms with E-state index in [0.29, 0.717) is 0 Å². The van der Waals surface area contributed by atoms with E-state index in [9.17, 15) is 9.90 Å². The molecule has 1 amide bonds. The molecule has 0 aliphatic heterocycles. The number of carbonyl (C=O) groups is 1. The van der Waals surface area contributed by atoms with Crippen LogP contribution in [0.1, 0.15) is 48.7 Å². The summed E-state index contributed by atoms with van der Waals surface area (Å²) in [6.45, 7) is 8.57. The standard InChI is InChI=1S/C18H24N2O2S/c1-12-20-15(11-23-12)9-17(22)19-10-16(21)13-5-7-14(8-6-13)18(2,3)4/h5-8,11,16,21H,9-10H2,1-4H3,(H,19,22). The number of aryl methyl sites for hydroxylation is 1. The van der Waals surface area contributed by atoms with Crippen LogP contribution < -0.4 is 5.32 Å². The molecule has 5 heteroatoms. The lowest BCUT2D eigenvalue weighted by atomic mass is 9.86. The van der Waals surface area contributed by atoms with Crippen molar-refractivity contribution in [1.29, 1.82) is 0 Å². The van der Waals surface area contributed by atoms with E-state index in [2.05, 4.69) is 31.1 Å². The highest BCUT2D eigenvalue weighted by molar-refractivity contribution is 7.09. The normalized spacial score (nSPS) is 12.9. The number of aliphatic hydroxyl groups is 1. The molecule has 0 saturated carbocycles. The van der Waals surface area contributed by atoms with Crippen molar-refractivity contribution in [2.24, 2.45) is 0 Å². The van der Waals surface area contributed by atoms with Gasteiger partial charge in [0.25, 0.3) is 0 Å². The van der Waals surface area contributed by atoms with Crippen LogP contribution in [0, 0.1) is 6.92 Å². The van der Waals surface area contributed by atoms with Crippen molar-refractivity contribution in [2.75, 3.05) is 6.54 Å². The number of hydrogen-bond donors (Lipinski definition) is 2. The molecular formula is C18H24N2O2S. The highest BCUT2D eigenvalue weighted by atomic mass is 32.1. The Morgan fingerprint density at radius 3 is 2.48 bits per heavy atom. The van der Waals surface area contributed by atoms with Crippen molar-refractivity contribution in [2.45, 2.75) is 45.6 Å². The minimum absolute atomic E-state index is 0.0867. The van der Waals surface area contributed by atoms with Gasteiger partial charge in [0.05, 0.1) is 23.2 Å². The summed E-state index contributed by atoms with van der Waals surface area (Å²) in [5.41, 5.74) is 2.89. The molecule has 2 rings (SSSR count). The number of aliphatic hydroxyl groups excluding tert-OH is 1. The van der Waals surface area contributed by atoms with Crippen molar-refractivity contribution < 1.29 is 9.90 Å². The van der Waals surface area contributed by atoms with Gasteiger partial charge < -0.3 is 10.4 Å². The van der Waals surface area contributed by atoms with E-state index in [-0.39, 0.29) is 24.3 Å². The number of benzene rings is 1. The highest BCUT2D eigenvalue weighted by Crippen LogP contribution is 2.23. The molecule has 23 heavy (non-hydrogen) atoms. The van der Waals surface area contributed by atoms with Crippen molar-refractivity contribution in [3.63, 3.8) is 0 Å². The smallest absolute Gasteiger partial charge is 0.226 e. The van der Waals surface area contributed by atoms with E-state index in [0.717, 1.165) is 16.3 Å². The minimum atomic E-state index is -0.704. The summed E-state index contributed by atoms with van der Waals surface area (Å²) in [5.74, 6) is -0.124. The average molecular weight is 332 g/mol. The van der Waals surface area contributed by atoms with Crippen molar-refractivity contribution in [3.05, 3.63) is 51.5 Å². The first-order valence-electron chi connectivity index (χ1n) is 7.72. The zero-order valence-electron chi connectivity index (χ0n) is 14.1. The second-order valence-corrected chi connectivity index (χ2v) is 7.79. The third kappa shape index (κ3) is 5.15. The molecule has 124 valence electrons. The highest BCUT2D eigenvalue weighted by Gasteiger charge is 2.15. The molecule has 0 fully saturated rings. The maximum absolute atomic E-state index is 11.9. The lowest BCUT2D eigenvalue weighted by molar-refractivity contribution is -0.120. The van der Waals surface area contributed by atoms with Gasteiger partial charge in [-0.3, -0.25) is 4.79 Å². The monoisotopic (exact) mass is 332 g/mol.